The van der Waals surface area contributed by atoms with Crippen LogP contribution in [-0.2, 0) is 20.6 Å². The van der Waals surface area contributed by atoms with Gasteiger partial charge in [-0.1, -0.05) is 30.3 Å². The van der Waals surface area contributed by atoms with Gasteiger partial charge in [-0.25, -0.2) is 0 Å². The van der Waals surface area contributed by atoms with E-state index in [1.807, 2.05) is 18.2 Å². The van der Waals surface area contributed by atoms with E-state index in [2.05, 4.69) is 19.1 Å². The van der Waals surface area contributed by atoms with E-state index in [0.717, 1.165) is 13.0 Å². The van der Waals surface area contributed by atoms with E-state index in [1.54, 1.807) is 0 Å². The summed E-state index contributed by atoms with van der Waals surface area (Å²) in [6.07, 6.45) is 0.950. The molecule has 95 valence electrons. The fraction of sp³-hybridized carbons (Fsp3) is 0.500. The molecule has 1 aromatic carbocycles. The standard InChI is InChI=1S/C14H21O3/c1-2-15-10-11-17-13-12-16-9-8-14-6-4-3-5-7-14/h3-7H,1-2,8-13H2. The van der Waals surface area contributed by atoms with Crippen LogP contribution in [0.1, 0.15) is 5.56 Å². The molecule has 0 amide bonds. The normalized spacial score (nSPS) is 10.6. The summed E-state index contributed by atoms with van der Waals surface area (Å²) in [6.45, 7) is 7.28. The Bertz CT molecular complexity index is 261. The molecule has 17 heavy (non-hydrogen) atoms. The summed E-state index contributed by atoms with van der Waals surface area (Å²) in [5, 5.41) is 0. The lowest BCUT2D eigenvalue weighted by Gasteiger charge is -2.06. The summed E-state index contributed by atoms with van der Waals surface area (Å²) >= 11 is 0. The van der Waals surface area contributed by atoms with E-state index in [0.29, 0.717) is 33.0 Å². The van der Waals surface area contributed by atoms with Crippen LogP contribution in [0, 0.1) is 6.92 Å². The predicted molar refractivity (Wildman–Crippen MR) is 68.0 cm³/mol. The maximum Gasteiger partial charge on any atom is 0.0701 e. The quantitative estimate of drug-likeness (QED) is 0.583. The zero-order valence-corrected chi connectivity index (χ0v) is 10.3. The highest BCUT2D eigenvalue weighted by Gasteiger charge is 1.93. The average molecular weight is 237 g/mol. The van der Waals surface area contributed by atoms with Crippen LogP contribution in [-0.4, -0.2) is 39.6 Å². The molecule has 0 unspecified atom stereocenters. The lowest BCUT2D eigenvalue weighted by Crippen LogP contribution is -2.10. The molecule has 0 aromatic heterocycles. The van der Waals surface area contributed by atoms with Gasteiger partial charge < -0.3 is 14.2 Å². The van der Waals surface area contributed by atoms with Crippen molar-refractivity contribution in [2.24, 2.45) is 0 Å². The molecule has 0 aliphatic carbocycles. The number of ether oxygens (including phenoxy) is 3. The molecule has 1 radical (unpaired) electrons. The minimum atomic E-state index is 0.497. The van der Waals surface area contributed by atoms with E-state index >= 15 is 0 Å². The molecule has 0 saturated carbocycles. The van der Waals surface area contributed by atoms with E-state index in [1.165, 1.54) is 5.56 Å². The van der Waals surface area contributed by atoms with E-state index in [9.17, 15) is 0 Å². The molecular weight excluding hydrogens is 216 g/mol. The minimum Gasteiger partial charge on any atom is -0.379 e. The molecule has 1 aromatic rings. The Labute approximate surface area is 104 Å². The zero-order valence-electron chi connectivity index (χ0n) is 10.3. The van der Waals surface area contributed by atoms with Gasteiger partial charge in [0.2, 0.25) is 0 Å². The number of benzene rings is 1. The first-order valence-corrected chi connectivity index (χ1v) is 6.00. The predicted octanol–water partition coefficient (Wildman–Crippen LogP) is 2.11. The lowest BCUT2D eigenvalue weighted by molar-refractivity contribution is 0.0199. The zero-order chi connectivity index (χ0) is 12.2. The van der Waals surface area contributed by atoms with Gasteiger partial charge in [-0.05, 0) is 18.9 Å². The second-order valence-corrected chi connectivity index (χ2v) is 3.57. The van der Waals surface area contributed by atoms with Gasteiger partial charge in [0.15, 0.2) is 0 Å². The van der Waals surface area contributed by atoms with E-state index in [4.69, 9.17) is 14.2 Å². The number of rotatable bonds is 10. The third-order valence-electron chi connectivity index (χ3n) is 2.27. The first-order valence-electron chi connectivity index (χ1n) is 6.00. The fourth-order valence-corrected chi connectivity index (χ4v) is 1.38. The van der Waals surface area contributed by atoms with Crippen LogP contribution < -0.4 is 0 Å². The van der Waals surface area contributed by atoms with Crippen LogP contribution in [0.3, 0.4) is 0 Å². The molecule has 0 aliphatic heterocycles. The van der Waals surface area contributed by atoms with Gasteiger partial charge in [0, 0.05) is 6.61 Å². The lowest BCUT2D eigenvalue weighted by atomic mass is 10.2. The smallest absolute Gasteiger partial charge is 0.0701 e. The number of hydrogen-bond donors (Lipinski definition) is 0. The summed E-state index contributed by atoms with van der Waals surface area (Å²) in [7, 11) is 0. The highest BCUT2D eigenvalue weighted by Crippen LogP contribution is 1.99. The first kappa shape index (κ1) is 14.2. The Balaban J connectivity index is 1.85. The summed E-state index contributed by atoms with van der Waals surface area (Å²) in [6, 6.07) is 10.3. The van der Waals surface area contributed by atoms with Crippen LogP contribution in [0.15, 0.2) is 30.3 Å². The van der Waals surface area contributed by atoms with Crippen molar-refractivity contribution in [1.29, 1.82) is 0 Å². The molecule has 0 fully saturated rings. The molecular formula is C14H21O3. The second kappa shape index (κ2) is 10.3. The fourth-order valence-electron chi connectivity index (χ4n) is 1.38. The van der Waals surface area contributed by atoms with E-state index < -0.39 is 0 Å². The molecule has 3 nitrogen and oxygen atoms in total. The summed E-state index contributed by atoms with van der Waals surface area (Å²) in [5.41, 5.74) is 1.30. The Morgan fingerprint density at radius 3 is 2.00 bits per heavy atom. The third kappa shape index (κ3) is 7.91. The van der Waals surface area contributed by atoms with Crippen molar-refractivity contribution in [1.82, 2.24) is 0 Å². The van der Waals surface area contributed by atoms with Crippen LogP contribution in [0.2, 0.25) is 0 Å². The van der Waals surface area contributed by atoms with Gasteiger partial charge in [-0.3, -0.25) is 0 Å². The van der Waals surface area contributed by atoms with Crippen molar-refractivity contribution in [2.45, 2.75) is 6.42 Å². The Hall–Kier alpha value is -0.900. The Morgan fingerprint density at radius 2 is 1.35 bits per heavy atom. The van der Waals surface area contributed by atoms with Gasteiger partial charge in [-0.2, -0.15) is 0 Å². The molecule has 0 heterocycles. The van der Waals surface area contributed by atoms with Gasteiger partial charge in [-0.15, -0.1) is 0 Å². The highest BCUT2D eigenvalue weighted by molar-refractivity contribution is 5.14. The molecule has 0 atom stereocenters. The topological polar surface area (TPSA) is 27.7 Å². The number of hydrogen-bond acceptors (Lipinski definition) is 3. The molecule has 0 N–H and O–H groups in total. The van der Waals surface area contributed by atoms with Crippen LogP contribution >= 0.6 is 0 Å². The van der Waals surface area contributed by atoms with E-state index in [-0.39, 0.29) is 0 Å². The molecule has 3 heteroatoms. The van der Waals surface area contributed by atoms with Gasteiger partial charge in [0.1, 0.15) is 0 Å². The van der Waals surface area contributed by atoms with Crippen molar-refractivity contribution in [3.63, 3.8) is 0 Å². The SMILES string of the molecule is [CH2]COCCOCCOCCc1ccccc1. The highest BCUT2D eigenvalue weighted by atomic mass is 16.5. The first-order chi connectivity index (χ1) is 8.43. The van der Waals surface area contributed by atoms with Crippen molar-refractivity contribution < 1.29 is 14.2 Å². The summed E-state index contributed by atoms with van der Waals surface area (Å²) in [5.74, 6) is 0. The molecule has 1 rings (SSSR count). The van der Waals surface area contributed by atoms with Crippen molar-refractivity contribution >= 4 is 0 Å². The van der Waals surface area contributed by atoms with Crippen molar-refractivity contribution in [3.8, 4) is 0 Å². The maximum absolute atomic E-state index is 5.47. The van der Waals surface area contributed by atoms with Crippen LogP contribution in [0.5, 0.6) is 0 Å². The van der Waals surface area contributed by atoms with Crippen LogP contribution in [0.4, 0.5) is 0 Å². The third-order valence-corrected chi connectivity index (χ3v) is 2.27. The van der Waals surface area contributed by atoms with Gasteiger partial charge >= 0.3 is 0 Å². The second-order valence-electron chi connectivity index (χ2n) is 3.57. The Morgan fingerprint density at radius 1 is 0.765 bits per heavy atom. The van der Waals surface area contributed by atoms with Gasteiger partial charge in [0.05, 0.1) is 33.0 Å². The molecule has 0 bridgehead atoms. The van der Waals surface area contributed by atoms with Crippen molar-refractivity contribution in [3.05, 3.63) is 42.8 Å². The van der Waals surface area contributed by atoms with Crippen LogP contribution in [0.25, 0.3) is 0 Å². The maximum atomic E-state index is 5.47. The monoisotopic (exact) mass is 237 g/mol. The van der Waals surface area contributed by atoms with Gasteiger partial charge in [0.25, 0.3) is 0 Å². The summed E-state index contributed by atoms with van der Waals surface area (Å²) < 4.78 is 15.8. The minimum absolute atomic E-state index is 0.497. The van der Waals surface area contributed by atoms with Crippen molar-refractivity contribution in [2.75, 3.05) is 39.6 Å². The molecule has 0 saturated heterocycles. The Kier molecular flexibility index (Phi) is 8.55. The average Bonchev–Trinajstić information content (AvgIpc) is 2.38. The molecule has 0 aliphatic rings. The summed E-state index contributed by atoms with van der Waals surface area (Å²) in [4.78, 5) is 0. The largest absolute Gasteiger partial charge is 0.379 e. The molecule has 0 spiro atoms.